The van der Waals surface area contributed by atoms with Crippen LogP contribution >= 0.6 is 34.8 Å². The number of carbonyl (C=O) groups excluding carboxylic acids is 2. The number of rotatable bonds is 4. The van der Waals surface area contributed by atoms with Crippen molar-refractivity contribution in [2.45, 2.75) is 6.92 Å². The maximum Gasteiger partial charge on any atom is 0.251 e. The molecule has 2 aromatic rings. The Kier molecular flexibility index (Phi) is 5.88. The lowest BCUT2D eigenvalue weighted by molar-refractivity contribution is -0.115. The number of nitrogens with one attached hydrogen (secondary N) is 2. The molecule has 0 bridgehead atoms. The molecular weight excluding hydrogens is 359 g/mol. The fourth-order valence-corrected chi connectivity index (χ4v) is 2.25. The van der Waals surface area contributed by atoms with Crippen molar-refractivity contribution in [1.29, 1.82) is 0 Å². The van der Waals surface area contributed by atoms with Gasteiger partial charge < -0.3 is 10.6 Å². The van der Waals surface area contributed by atoms with Crippen LogP contribution in [0.15, 0.2) is 36.4 Å². The van der Waals surface area contributed by atoms with Gasteiger partial charge in [-0.3, -0.25) is 9.59 Å². The zero-order valence-corrected chi connectivity index (χ0v) is 14.4. The molecule has 0 aliphatic heterocycles. The first kappa shape index (κ1) is 17.6. The molecule has 7 heteroatoms. The Morgan fingerprint density at radius 3 is 2.35 bits per heavy atom. The second kappa shape index (κ2) is 7.68. The van der Waals surface area contributed by atoms with Gasteiger partial charge in [0, 0.05) is 16.3 Å². The Morgan fingerprint density at radius 2 is 1.70 bits per heavy atom. The van der Waals surface area contributed by atoms with Gasteiger partial charge in [0.25, 0.3) is 5.91 Å². The van der Waals surface area contributed by atoms with Gasteiger partial charge in [-0.15, -0.1) is 0 Å². The van der Waals surface area contributed by atoms with Crippen LogP contribution in [-0.2, 0) is 4.79 Å². The van der Waals surface area contributed by atoms with Gasteiger partial charge in [-0.2, -0.15) is 0 Å². The van der Waals surface area contributed by atoms with E-state index in [2.05, 4.69) is 10.6 Å². The Bertz CT molecular complexity index is 763. The topological polar surface area (TPSA) is 58.2 Å². The summed E-state index contributed by atoms with van der Waals surface area (Å²) in [4.78, 5) is 23.8. The molecule has 2 aromatic carbocycles. The van der Waals surface area contributed by atoms with E-state index in [-0.39, 0.29) is 17.5 Å². The number of benzene rings is 2. The molecular formula is C16H13Cl3N2O2. The van der Waals surface area contributed by atoms with Crippen LogP contribution in [0.3, 0.4) is 0 Å². The highest BCUT2D eigenvalue weighted by atomic mass is 35.5. The molecule has 0 fully saturated rings. The second-order valence-corrected chi connectivity index (χ2v) is 6.05. The van der Waals surface area contributed by atoms with Crippen molar-refractivity contribution in [3.05, 3.63) is 62.6 Å². The molecule has 120 valence electrons. The van der Waals surface area contributed by atoms with E-state index in [0.29, 0.717) is 21.3 Å². The maximum atomic E-state index is 11.9. The molecule has 2 amide bonds. The van der Waals surface area contributed by atoms with Crippen molar-refractivity contribution in [2.24, 2.45) is 0 Å². The first-order chi connectivity index (χ1) is 10.9. The summed E-state index contributed by atoms with van der Waals surface area (Å²) in [6, 6.07) is 9.67. The summed E-state index contributed by atoms with van der Waals surface area (Å²) in [5.74, 6) is -0.779. The Labute approximate surface area is 148 Å². The number of hydrogen-bond acceptors (Lipinski definition) is 2. The molecule has 2 rings (SSSR count). The Balaban J connectivity index is 1.91. The summed E-state index contributed by atoms with van der Waals surface area (Å²) in [5, 5.41) is 6.35. The SMILES string of the molecule is Cc1ccc(NC(=O)CNC(=O)c2ccc(Cl)c(Cl)c2)cc1Cl. The predicted octanol–water partition coefficient (Wildman–Crippen LogP) is 4.32. The number of anilines is 1. The van der Waals surface area contributed by atoms with Gasteiger partial charge in [0.15, 0.2) is 0 Å². The van der Waals surface area contributed by atoms with Gasteiger partial charge in [-0.1, -0.05) is 40.9 Å². The number of halogens is 3. The number of aryl methyl sites for hydroxylation is 1. The van der Waals surface area contributed by atoms with Crippen molar-refractivity contribution in [3.8, 4) is 0 Å². The van der Waals surface area contributed by atoms with Crippen LogP contribution in [0.25, 0.3) is 0 Å². The van der Waals surface area contributed by atoms with E-state index in [9.17, 15) is 9.59 Å². The molecule has 0 aliphatic rings. The van der Waals surface area contributed by atoms with Gasteiger partial charge in [0.1, 0.15) is 0 Å². The van der Waals surface area contributed by atoms with Gasteiger partial charge in [0.05, 0.1) is 16.6 Å². The van der Waals surface area contributed by atoms with Gasteiger partial charge in [-0.25, -0.2) is 0 Å². The van der Waals surface area contributed by atoms with E-state index in [1.807, 2.05) is 6.92 Å². The lowest BCUT2D eigenvalue weighted by atomic mass is 10.2. The zero-order chi connectivity index (χ0) is 17.0. The van der Waals surface area contributed by atoms with Crippen molar-refractivity contribution in [2.75, 3.05) is 11.9 Å². The minimum Gasteiger partial charge on any atom is -0.343 e. The van der Waals surface area contributed by atoms with Gasteiger partial charge in [-0.05, 0) is 42.8 Å². The summed E-state index contributed by atoms with van der Waals surface area (Å²) in [7, 11) is 0. The molecule has 0 unspecified atom stereocenters. The molecule has 0 radical (unpaired) electrons. The van der Waals surface area contributed by atoms with E-state index in [4.69, 9.17) is 34.8 Å². The summed E-state index contributed by atoms with van der Waals surface area (Å²) >= 11 is 17.6. The van der Waals surface area contributed by atoms with Crippen LogP contribution in [0.1, 0.15) is 15.9 Å². The lowest BCUT2D eigenvalue weighted by Crippen LogP contribution is -2.32. The fraction of sp³-hybridized carbons (Fsp3) is 0.125. The molecule has 0 saturated carbocycles. The standard InChI is InChI=1S/C16H13Cl3N2O2/c1-9-2-4-11(7-13(9)18)21-15(22)8-20-16(23)10-3-5-12(17)14(19)6-10/h2-7H,8H2,1H3,(H,20,23)(H,21,22). The monoisotopic (exact) mass is 370 g/mol. The average molecular weight is 372 g/mol. The maximum absolute atomic E-state index is 11.9. The predicted molar refractivity (Wildman–Crippen MR) is 93.6 cm³/mol. The molecule has 0 atom stereocenters. The summed E-state index contributed by atoms with van der Waals surface area (Å²) in [6.45, 7) is 1.69. The van der Waals surface area contributed by atoms with Crippen LogP contribution in [0, 0.1) is 6.92 Å². The lowest BCUT2D eigenvalue weighted by Gasteiger charge is -2.08. The third-order valence-corrected chi connectivity index (χ3v) is 4.19. The highest BCUT2D eigenvalue weighted by molar-refractivity contribution is 6.42. The highest BCUT2D eigenvalue weighted by Crippen LogP contribution is 2.22. The third-order valence-electron chi connectivity index (χ3n) is 3.05. The molecule has 4 nitrogen and oxygen atoms in total. The zero-order valence-electron chi connectivity index (χ0n) is 12.1. The molecule has 0 aliphatic carbocycles. The molecule has 2 N–H and O–H groups in total. The number of amides is 2. The first-order valence-corrected chi connectivity index (χ1v) is 7.79. The van der Waals surface area contributed by atoms with E-state index < -0.39 is 5.91 Å². The van der Waals surface area contributed by atoms with Crippen molar-refractivity contribution >= 4 is 52.3 Å². The van der Waals surface area contributed by atoms with Crippen molar-refractivity contribution in [3.63, 3.8) is 0 Å². The molecule has 0 heterocycles. The number of hydrogen-bond donors (Lipinski definition) is 2. The second-order valence-electron chi connectivity index (χ2n) is 4.82. The Morgan fingerprint density at radius 1 is 0.957 bits per heavy atom. The summed E-state index contributed by atoms with van der Waals surface area (Å²) in [5.41, 5.74) is 1.80. The van der Waals surface area contributed by atoms with Crippen LogP contribution in [0.4, 0.5) is 5.69 Å². The largest absolute Gasteiger partial charge is 0.343 e. The van der Waals surface area contributed by atoms with E-state index in [1.165, 1.54) is 18.2 Å². The van der Waals surface area contributed by atoms with Crippen LogP contribution in [-0.4, -0.2) is 18.4 Å². The van der Waals surface area contributed by atoms with Crippen LogP contribution in [0.5, 0.6) is 0 Å². The van der Waals surface area contributed by atoms with Gasteiger partial charge in [0.2, 0.25) is 5.91 Å². The van der Waals surface area contributed by atoms with E-state index in [1.54, 1.807) is 18.2 Å². The minimum absolute atomic E-state index is 0.176. The molecule has 0 saturated heterocycles. The van der Waals surface area contributed by atoms with Gasteiger partial charge >= 0.3 is 0 Å². The quantitative estimate of drug-likeness (QED) is 0.840. The molecule has 0 aromatic heterocycles. The van der Waals surface area contributed by atoms with E-state index in [0.717, 1.165) is 5.56 Å². The van der Waals surface area contributed by atoms with Crippen molar-refractivity contribution < 1.29 is 9.59 Å². The average Bonchev–Trinajstić information content (AvgIpc) is 2.51. The van der Waals surface area contributed by atoms with Crippen LogP contribution in [0.2, 0.25) is 15.1 Å². The Hall–Kier alpha value is -1.75. The molecule has 23 heavy (non-hydrogen) atoms. The molecule has 0 spiro atoms. The normalized spacial score (nSPS) is 10.3. The first-order valence-electron chi connectivity index (χ1n) is 6.66. The van der Waals surface area contributed by atoms with Crippen LogP contribution < -0.4 is 10.6 Å². The highest BCUT2D eigenvalue weighted by Gasteiger charge is 2.10. The summed E-state index contributed by atoms with van der Waals surface area (Å²) < 4.78 is 0. The fourth-order valence-electron chi connectivity index (χ4n) is 1.78. The smallest absolute Gasteiger partial charge is 0.251 e. The summed E-state index contributed by atoms with van der Waals surface area (Å²) in [6.07, 6.45) is 0. The minimum atomic E-state index is -0.416. The van der Waals surface area contributed by atoms with E-state index >= 15 is 0 Å². The van der Waals surface area contributed by atoms with Crippen molar-refractivity contribution in [1.82, 2.24) is 5.32 Å². The third kappa shape index (κ3) is 4.86. The number of carbonyl (C=O) groups is 2.